The molecular weight excluding hydrogens is 204 g/mol. The van der Waals surface area contributed by atoms with E-state index in [4.69, 9.17) is 23.2 Å². The number of hydrogen-bond donors (Lipinski definition) is 2. The van der Waals surface area contributed by atoms with Gasteiger partial charge in [0, 0.05) is 0 Å². The zero-order chi connectivity index (χ0) is 18.0. The maximum Gasteiger partial charge on any atom is 0.320 e. The molecule has 0 bridgehead atoms. The van der Waals surface area contributed by atoms with Gasteiger partial charge in [-0.1, -0.05) is 0 Å². The first-order chi connectivity index (χ1) is 9.58. The lowest BCUT2D eigenvalue weighted by molar-refractivity contribution is -0.870. The van der Waals surface area contributed by atoms with Crippen molar-refractivity contribution in [3.8, 4) is 0 Å². The number of carboxylic acids is 1. The molecule has 4 nitrogen and oxygen atoms in total. The van der Waals surface area contributed by atoms with Crippen molar-refractivity contribution in [2.24, 2.45) is 5.73 Å². The van der Waals surface area contributed by atoms with Crippen LogP contribution in [0.15, 0.2) is 0 Å². The first-order valence-corrected chi connectivity index (χ1v) is 3.95. The van der Waals surface area contributed by atoms with E-state index in [9.17, 15) is 4.79 Å². The molecule has 0 aliphatic heterocycles. The van der Waals surface area contributed by atoms with E-state index in [1.54, 1.807) is 0 Å². The highest BCUT2D eigenvalue weighted by Gasteiger charge is 2.11. The molecular formula is C9H21ClN2O2. The van der Waals surface area contributed by atoms with Gasteiger partial charge in [-0.05, 0) is 19.3 Å². The van der Waals surface area contributed by atoms with Gasteiger partial charge in [-0.2, -0.15) is 0 Å². The third kappa shape index (κ3) is 9.77. The quantitative estimate of drug-likeness (QED) is 0.387. The average Bonchev–Trinajstić information content (AvgIpc) is 2.22. The van der Waals surface area contributed by atoms with Crippen LogP contribution >= 0.6 is 0 Å². The Hall–Kier alpha value is -0.320. The largest absolute Gasteiger partial charge is 1.00 e. The van der Waals surface area contributed by atoms with E-state index in [0.717, 1.165) is 0 Å². The predicted molar refractivity (Wildman–Crippen MR) is 52.4 cm³/mol. The molecule has 5 heteroatoms. The van der Waals surface area contributed by atoms with Crippen molar-refractivity contribution in [2.75, 3.05) is 27.5 Å². The summed E-state index contributed by atoms with van der Waals surface area (Å²) in [6.45, 7) is -10.5. The summed E-state index contributed by atoms with van der Waals surface area (Å²) in [5, 5.41) is 8.63. The number of halogens is 1. The molecule has 14 heavy (non-hydrogen) atoms. The van der Waals surface area contributed by atoms with E-state index < -0.39 is 44.0 Å². The van der Waals surface area contributed by atoms with Gasteiger partial charge in [-0.3, -0.25) is 4.79 Å². The van der Waals surface area contributed by atoms with E-state index in [-0.39, 0.29) is 31.7 Å². The zero-order valence-electron chi connectivity index (χ0n) is 16.7. The summed E-state index contributed by atoms with van der Waals surface area (Å²) in [5.74, 6) is -1.23. The Morgan fingerprint density at radius 2 is 2.07 bits per heavy atom. The Balaban J connectivity index is 0. The fourth-order valence-corrected chi connectivity index (χ4v) is 0.837. The maximum absolute atomic E-state index is 10.6. The molecule has 0 spiro atoms. The second-order valence-corrected chi connectivity index (χ2v) is 2.97. The monoisotopic (exact) mass is 233 g/mol. The fourth-order valence-electron chi connectivity index (χ4n) is 0.837. The van der Waals surface area contributed by atoms with Crippen molar-refractivity contribution >= 4 is 5.97 Å². The maximum atomic E-state index is 10.6. The summed E-state index contributed by atoms with van der Waals surface area (Å²) >= 11 is 0. The SMILES string of the molecule is [2H]C([2H])([2H])[N+](CCCC[C@H](N)C(=O)O)(C([2H])([2H])[2H])C([2H])([2H])[2H].[Cl-]. The van der Waals surface area contributed by atoms with Crippen LogP contribution < -0.4 is 18.1 Å². The second-order valence-electron chi connectivity index (χ2n) is 2.97. The van der Waals surface area contributed by atoms with Crippen LogP contribution in [0.1, 0.15) is 31.6 Å². The van der Waals surface area contributed by atoms with Gasteiger partial charge in [-0.25, -0.2) is 0 Å². The van der Waals surface area contributed by atoms with Gasteiger partial charge < -0.3 is 27.7 Å². The Morgan fingerprint density at radius 1 is 1.50 bits per heavy atom. The van der Waals surface area contributed by atoms with Crippen LogP contribution in [0.2, 0.25) is 0 Å². The first-order valence-electron chi connectivity index (χ1n) is 8.45. The van der Waals surface area contributed by atoms with Crippen LogP contribution in [0, 0.1) is 0 Å². The van der Waals surface area contributed by atoms with Gasteiger partial charge in [-0.15, -0.1) is 0 Å². The van der Waals surface area contributed by atoms with Crippen LogP contribution in [0.3, 0.4) is 0 Å². The van der Waals surface area contributed by atoms with Crippen LogP contribution in [-0.4, -0.2) is 49.1 Å². The van der Waals surface area contributed by atoms with Gasteiger partial charge in [0.05, 0.1) is 39.8 Å². The molecule has 0 radical (unpaired) electrons. The summed E-state index contributed by atoms with van der Waals surface area (Å²) in [4.78, 5) is 10.6. The topological polar surface area (TPSA) is 63.3 Å². The lowest BCUT2D eigenvalue weighted by Gasteiger charge is -2.23. The zero-order valence-corrected chi connectivity index (χ0v) is 8.42. The highest BCUT2D eigenvalue weighted by Crippen LogP contribution is 2.02. The summed E-state index contributed by atoms with van der Waals surface area (Å²) in [6, 6.07) is -1.16. The van der Waals surface area contributed by atoms with Crippen molar-refractivity contribution < 1.29 is 39.1 Å². The fraction of sp³-hybridized carbons (Fsp3) is 0.889. The lowest BCUT2D eigenvalue weighted by atomic mass is 10.1. The molecule has 0 aliphatic rings. The molecule has 0 saturated carbocycles. The molecule has 0 saturated heterocycles. The molecule has 0 aromatic rings. The average molecular weight is 234 g/mol. The minimum Gasteiger partial charge on any atom is -1.00 e. The number of hydrogen-bond acceptors (Lipinski definition) is 2. The van der Waals surface area contributed by atoms with E-state index in [1.807, 2.05) is 0 Å². The lowest BCUT2D eigenvalue weighted by Crippen LogP contribution is -3.00. The molecule has 0 aliphatic carbocycles. The van der Waals surface area contributed by atoms with Crippen molar-refractivity contribution in [3.63, 3.8) is 0 Å². The molecule has 0 unspecified atom stereocenters. The molecule has 0 heterocycles. The molecule has 86 valence electrons. The van der Waals surface area contributed by atoms with Crippen LogP contribution in [-0.2, 0) is 4.79 Å². The minimum absolute atomic E-state index is 0. The normalized spacial score (nSPS) is 25.4. The Kier molecular flexibility index (Phi) is 2.58. The van der Waals surface area contributed by atoms with Gasteiger partial charge in [0.1, 0.15) is 6.04 Å². The highest BCUT2D eigenvalue weighted by atomic mass is 35.5. The van der Waals surface area contributed by atoms with Crippen LogP contribution in [0.5, 0.6) is 0 Å². The van der Waals surface area contributed by atoms with Crippen molar-refractivity contribution in [3.05, 3.63) is 0 Å². The van der Waals surface area contributed by atoms with Gasteiger partial charge in [0.25, 0.3) is 0 Å². The Labute approximate surface area is 105 Å². The molecule has 0 amide bonds. The number of unbranched alkanes of at least 4 members (excludes halogenated alkanes) is 1. The number of nitrogens with zero attached hydrogens (tertiary/aromatic N) is 1. The number of nitrogens with two attached hydrogens (primary N) is 1. The second kappa shape index (κ2) is 7.04. The van der Waals surface area contributed by atoms with Gasteiger partial charge in [0.15, 0.2) is 0 Å². The number of aliphatic carboxylic acids is 1. The van der Waals surface area contributed by atoms with Crippen LogP contribution in [0.25, 0.3) is 0 Å². The van der Waals surface area contributed by atoms with Crippen LogP contribution in [0.4, 0.5) is 0 Å². The molecule has 0 aromatic heterocycles. The van der Waals surface area contributed by atoms with Crippen molar-refractivity contribution in [1.82, 2.24) is 0 Å². The molecule has 0 fully saturated rings. The number of carbonyl (C=O) groups is 1. The number of quaternary nitrogens is 1. The summed E-state index contributed by atoms with van der Waals surface area (Å²) < 4.78 is 64.6. The predicted octanol–water partition coefficient (Wildman–Crippen LogP) is -2.72. The van der Waals surface area contributed by atoms with E-state index >= 15 is 0 Å². The van der Waals surface area contributed by atoms with Crippen molar-refractivity contribution in [1.29, 1.82) is 0 Å². The number of carboxylic acid groups (broad SMARTS) is 1. The molecule has 3 N–H and O–H groups in total. The standard InChI is InChI=1S/C9H20N2O2.ClH/c1-11(2,3)7-5-4-6-8(10)9(12)13;/h8H,4-7,10H2,1-3H3;1H/t8-;/m0./s1/i1D3,2D3,3D3;. The summed E-state index contributed by atoms with van der Waals surface area (Å²) in [6.07, 6.45) is 0.0180. The summed E-state index contributed by atoms with van der Waals surface area (Å²) in [7, 11) is 0. The third-order valence-electron chi connectivity index (χ3n) is 1.58. The van der Waals surface area contributed by atoms with Gasteiger partial charge >= 0.3 is 5.97 Å². The Morgan fingerprint density at radius 3 is 2.50 bits per heavy atom. The van der Waals surface area contributed by atoms with Gasteiger partial charge in [0.2, 0.25) is 0 Å². The molecule has 0 rings (SSSR count). The summed E-state index contributed by atoms with van der Waals surface area (Å²) in [5.41, 5.74) is 5.29. The third-order valence-corrected chi connectivity index (χ3v) is 1.58. The minimum atomic E-state index is -3.27. The van der Waals surface area contributed by atoms with E-state index in [2.05, 4.69) is 0 Å². The number of rotatable bonds is 6. The smallest absolute Gasteiger partial charge is 0.320 e. The Bertz CT molecular complexity index is 358. The van der Waals surface area contributed by atoms with E-state index in [1.165, 1.54) is 0 Å². The highest BCUT2D eigenvalue weighted by molar-refractivity contribution is 5.72. The molecule has 1 atom stereocenters. The van der Waals surface area contributed by atoms with Crippen molar-refractivity contribution in [2.45, 2.75) is 25.3 Å². The molecule has 0 aromatic carbocycles. The first kappa shape index (κ1) is 5.14. The van der Waals surface area contributed by atoms with E-state index in [0.29, 0.717) is 0 Å².